The Kier molecular flexibility index (Phi) is 5.39. The number of aryl methyl sites for hydroxylation is 2. The van der Waals surface area contributed by atoms with Gasteiger partial charge in [-0.25, -0.2) is 0 Å². The second-order valence-corrected chi connectivity index (χ2v) is 5.69. The second-order valence-electron chi connectivity index (χ2n) is 5.69. The van der Waals surface area contributed by atoms with Crippen LogP contribution in [0.25, 0.3) is 0 Å². The molecule has 0 bridgehead atoms. The van der Waals surface area contributed by atoms with Gasteiger partial charge in [0.25, 0.3) is 5.91 Å². The number of carbonyl (C=O) groups is 1. The standard InChI is InChI=1S/C17H23N3O3/c1-4-5-13-10-15(20(3)19-13)17(23)18-11(2)16(22)12-6-8-14(21)9-7-12/h6-11,16,21-22H,4-5H2,1-3H3,(H,18,23)/t11-,16-/m1/s1. The van der Waals surface area contributed by atoms with E-state index in [0.29, 0.717) is 11.3 Å². The van der Waals surface area contributed by atoms with E-state index in [1.54, 1.807) is 36.9 Å². The Bertz CT molecular complexity index is 664. The van der Waals surface area contributed by atoms with Crippen LogP contribution in [0.2, 0.25) is 0 Å². The molecular formula is C17H23N3O3. The van der Waals surface area contributed by atoms with Gasteiger partial charge in [0.15, 0.2) is 0 Å². The molecule has 0 saturated carbocycles. The molecule has 1 aromatic carbocycles. The first-order valence-corrected chi connectivity index (χ1v) is 7.73. The lowest BCUT2D eigenvalue weighted by atomic mass is 10.0. The van der Waals surface area contributed by atoms with Crippen molar-refractivity contribution in [1.29, 1.82) is 0 Å². The predicted molar refractivity (Wildman–Crippen MR) is 87.2 cm³/mol. The highest BCUT2D eigenvalue weighted by Gasteiger charge is 2.21. The van der Waals surface area contributed by atoms with E-state index in [9.17, 15) is 15.0 Å². The maximum absolute atomic E-state index is 12.4. The molecule has 3 N–H and O–H groups in total. The molecule has 0 spiro atoms. The van der Waals surface area contributed by atoms with Crippen LogP contribution in [0.15, 0.2) is 30.3 Å². The third-order valence-corrected chi connectivity index (χ3v) is 3.74. The summed E-state index contributed by atoms with van der Waals surface area (Å²) in [6.45, 7) is 3.79. The highest BCUT2D eigenvalue weighted by atomic mass is 16.3. The van der Waals surface area contributed by atoms with Gasteiger partial charge in [-0.05, 0) is 37.1 Å². The summed E-state index contributed by atoms with van der Waals surface area (Å²) in [7, 11) is 1.73. The van der Waals surface area contributed by atoms with Crippen LogP contribution in [0.5, 0.6) is 5.75 Å². The molecule has 1 amide bonds. The number of aromatic nitrogens is 2. The maximum atomic E-state index is 12.4. The topological polar surface area (TPSA) is 87.4 Å². The molecule has 0 unspecified atom stereocenters. The number of aliphatic hydroxyl groups excluding tert-OH is 1. The number of phenolic OH excluding ortho intramolecular Hbond substituents is 1. The van der Waals surface area contributed by atoms with Crippen LogP contribution in [0.1, 0.15) is 48.1 Å². The van der Waals surface area contributed by atoms with E-state index in [1.165, 1.54) is 12.1 Å². The maximum Gasteiger partial charge on any atom is 0.269 e. The molecule has 1 aromatic heterocycles. The van der Waals surface area contributed by atoms with Crippen molar-refractivity contribution in [2.75, 3.05) is 0 Å². The molecule has 124 valence electrons. The lowest BCUT2D eigenvalue weighted by molar-refractivity contribution is 0.0843. The van der Waals surface area contributed by atoms with Crippen LogP contribution in [0, 0.1) is 0 Å². The highest BCUT2D eigenvalue weighted by Crippen LogP contribution is 2.20. The molecule has 2 aromatic rings. The van der Waals surface area contributed by atoms with Gasteiger partial charge in [-0.15, -0.1) is 0 Å². The number of phenols is 1. The van der Waals surface area contributed by atoms with Gasteiger partial charge in [-0.3, -0.25) is 9.48 Å². The van der Waals surface area contributed by atoms with Crippen molar-refractivity contribution in [2.24, 2.45) is 7.05 Å². The van der Waals surface area contributed by atoms with Gasteiger partial charge in [-0.2, -0.15) is 5.10 Å². The Balaban J connectivity index is 2.05. The van der Waals surface area contributed by atoms with Crippen molar-refractivity contribution < 1.29 is 15.0 Å². The summed E-state index contributed by atoms with van der Waals surface area (Å²) < 4.78 is 1.56. The van der Waals surface area contributed by atoms with Crippen LogP contribution >= 0.6 is 0 Å². The molecule has 1 heterocycles. The van der Waals surface area contributed by atoms with E-state index in [1.807, 2.05) is 0 Å². The summed E-state index contributed by atoms with van der Waals surface area (Å²) in [5.41, 5.74) is 1.98. The fraction of sp³-hybridized carbons (Fsp3) is 0.412. The summed E-state index contributed by atoms with van der Waals surface area (Å²) in [6, 6.07) is 7.57. The first-order chi connectivity index (χ1) is 10.9. The largest absolute Gasteiger partial charge is 0.508 e. The van der Waals surface area contributed by atoms with Crippen LogP contribution in [-0.2, 0) is 13.5 Å². The van der Waals surface area contributed by atoms with Crippen LogP contribution < -0.4 is 5.32 Å². The first-order valence-electron chi connectivity index (χ1n) is 7.73. The number of hydrogen-bond donors (Lipinski definition) is 3. The second kappa shape index (κ2) is 7.28. The molecule has 0 aliphatic rings. The van der Waals surface area contributed by atoms with Crippen molar-refractivity contribution >= 4 is 5.91 Å². The normalized spacial score (nSPS) is 13.6. The summed E-state index contributed by atoms with van der Waals surface area (Å²) >= 11 is 0. The molecule has 0 fully saturated rings. The highest BCUT2D eigenvalue weighted by molar-refractivity contribution is 5.92. The van der Waals surface area contributed by atoms with Crippen molar-refractivity contribution in [3.63, 3.8) is 0 Å². The monoisotopic (exact) mass is 317 g/mol. The number of aliphatic hydroxyl groups is 1. The number of benzene rings is 1. The van der Waals surface area contributed by atoms with Crippen LogP contribution in [0.3, 0.4) is 0 Å². The number of aromatic hydroxyl groups is 1. The molecule has 23 heavy (non-hydrogen) atoms. The number of nitrogens with zero attached hydrogens (tertiary/aromatic N) is 2. The smallest absolute Gasteiger partial charge is 0.269 e. The van der Waals surface area contributed by atoms with Crippen molar-refractivity contribution in [1.82, 2.24) is 15.1 Å². The molecule has 6 heteroatoms. The molecule has 0 aliphatic carbocycles. The van der Waals surface area contributed by atoms with E-state index in [0.717, 1.165) is 18.5 Å². The molecule has 2 atom stereocenters. The van der Waals surface area contributed by atoms with Gasteiger partial charge in [0.05, 0.1) is 17.8 Å². The van der Waals surface area contributed by atoms with Gasteiger partial charge in [0.1, 0.15) is 11.4 Å². The summed E-state index contributed by atoms with van der Waals surface area (Å²) in [5.74, 6) is -0.136. The number of carbonyl (C=O) groups excluding carboxylic acids is 1. The average molecular weight is 317 g/mol. The van der Waals surface area contributed by atoms with Crippen LogP contribution in [0.4, 0.5) is 0 Å². The SMILES string of the molecule is CCCc1cc(C(=O)N[C@H](C)[C@@H](O)c2ccc(O)cc2)n(C)n1. The lowest BCUT2D eigenvalue weighted by Gasteiger charge is -2.20. The van der Waals surface area contributed by atoms with Gasteiger partial charge in [0, 0.05) is 7.05 Å². The van der Waals surface area contributed by atoms with E-state index in [2.05, 4.69) is 17.3 Å². The van der Waals surface area contributed by atoms with Gasteiger partial charge < -0.3 is 15.5 Å². The number of hydrogen-bond acceptors (Lipinski definition) is 4. The Hall–Kier alpha value is -2.34. The number of rotatable bonds is 6. The minimum Gasteiger partial charge on any atom is -0.508 e. The Morgan fingerprint density at radius 3 is 2.61 bits per heavy atom. The lowest BCUT2D eigenvalue weighted by Crippen LogP contribution is -2.37. The predicted octanol–water partition coefficient (Wildman–Crippen LogP) is 1.93. The zero-order chi connectivity index (χ0) is 17.0. The minimum absolute atomic E-state index is 0.135. The summed E-state index contributed by atoms with van der Waals surface area (Å²) in [5, 5.41) is 26.7. The quantitative estimate of drug-likeness (QED) is 0.760. The minimum atomic E-state index is -0.858. The van der Waals surface area contributed by atoms with Gasteiger partial charge in [0.2, 0.25) is 0 Å². The molecule has 0 saturated heterocycles. The van der Waals surface area contributed by atoms with E-state index in [-0.39, 0.29) is 11.7 Å². The fourth-order valence-electron chi connectivity index (χ4n) is 2.44. The van der Waals surface area contributed by atoms with Crippen molar-refractivity contribution in [3.8, 4) is 5.75 Å². The van der Waals surface area contributed by atoms with Crippen molar-refractivity contribution in [3.05, 3.63) is 47.3 Å². The third-order valence-electron chi connectivity index (χ3n) is 3.74. The van der Waals surface area contributed by atoms with Crippen molar-refractivity contribution in [2.45, 2.75) is 38.8 Å². The zero-order valence-electron chi connectivity index (χ0n) is 13.7. The Morgan fingerprint density at radius 2 is 2.00 bits per heavy atom. The zero-order valence-corrected chi connectivity index (χ0v) is 13.7. The van der Waals surface area contributed by atoms with E-state index < -0.39 is 12.1 Å². The van der Waals surface area contributed by atoms with Gasteiger partial charge >= 0.3 is 0 Å². The third kappa shape index (κ3) is 4.10. The summed E-state index contributed by atoms with van der Waals surface area (Å²) in [4.78, 5) is 12.4. The molecular weight excluding hydrogens is 294 g/mol. The van der Waals surface area contributed by atoms with E-state index >= 15 is 0 Å². The molecule has 0 radical (unpaired) electrons. The molecule has 2 rings (SSSR count). The average Bonchev–Trinajstić information content (AvgIpc) is 2.88. The fourth-order valence-corrected chi connectivity index (χ4v) is 2.44. The van der Waals surface area contributed by atoms with E-state index in [4.69, 9.17) is 0 Å². The Morgan fingerprint density at radius 1 is 1.35 bits per heavy atom. The Labute approximate surface area is 135 Å². The number of amides is 1. The molecule has 6 nitrogen and oxygen atoms in total. The molecule has 0 aliphatic heterocycles. The summed E-state index contributed by atoms with van der Waals surface area (Å²) in [6.07, 6.45) is 0.934. The first kappa shape index (κ1) is 17.0. The van der Waals surface area contributed by atoms with Gasteiger partial charge in [-0.1, -0.05) is 25.5 Å². The van der Waals surface area contributed by atoms with Crippen LogP contribution in [-0.4, -0.2) is 31.9 Å². The number of nitrogens with one attached hydrogen (secondary N) is 1.